The third-order valence-electron chi connectivity index (χ3n) is 3.75. The van der Waals surface area contributed by atoms with E-state index in [1.54, 1.807) is 12.2 Å². The van der Waals surface area contributed by atoms with Crippen molar-refractivity contribution in [2.24, 2.45) is 0 Å². The lowest BCUT2D eigenvalue weighted by Gasteiger charge is -2.35. The van der Waals surface area contributed by atoms with Crippen LogP contribution < -0.4 is 9.64 Å². The Hall–Kier alpha value is -2.74. The number of benzene rings is 1. The van der Waals surface area contributed by atoms with Crippen LogP contribution in [-0.4, -0.2) is 0 Å². The maximum atomic E-state index is 6.12. The monoisotopic (exact) mass is 379 g/mol. The van der Waals surface area contributed by atoms with Gasteiger partial charge in [-0.05, 0) is 56.7 Å². The summed E-state index contributed by atoms with van der Waals surface area (Å²) in [5, 5.41) is 0. The number of rotatable bonds is 6. The van der Waals surface area contributed by atoms with E-state index in [-0.39, 0.29) is 0 Å². The highest BCUT2D eigenvalue weighted by molar-refractivity contribution is 5.72. The van der Waals surface area contributed by atoms with Crippen molar-refractivity contribution in [2.75, 3.05) is 4.90 Å². The molecular formula is C26H37NO. The number of fused-ring (bicyclic) bond motifs is 1. The lowest BCUT2D eigenvalue weighted by atomic mass is 10.1. The van der Waals surface area contributed by atoms with E-state index >= 15 is 0 Å². The summed E-state index contributed by atoms with van der Waals surface area (Å²) in [6.07, 6.45) is 14.6. The number of hydrogen-bond acceptors (Lipinski definition) is 2. The van der Waals surface area contributed by atoms with Gasteiger partial charge in [-0.1, -0.05) is 71.2 Å². The maximum Gasteiger partial charge on any atom is 0.151 e. The second kappa shape index (κ2) is 14.3. The molecule has 0 atom stereocenters. The zero-order valence-electron chi connectivity index (χ0n) is 18.8. The van der Waals surface area contributed by atoms with Crippen LogP contribution in [0.5, 0.6) is 5.75 Å². The molecule has 0 unspecified atom stereocenters. The third-order valence-corrected chi connectivity index (χ3v) is 3.75. The highest BCUT2D eigenvalue weighted by atomic mass is 16.5. The number of anilines is 1. The van der Waals surface area contributed by atoms with E-state index in [2.05, 4.69) is 55.3 Å². The molecule has 1 aromatic rings. The van der Waals surface area contributed by atoms with Crippen LogP contribution in [0, 0.1) is 6.92 Å². The van der Waals surface area contributed by atoms with Gasteiger partial charge >= 0.3 is 0 Å². The highest BCUT2D eigenvalue weighted by Gasteiger charge is 2.26. The molecule has 1 aliphatic rings. The van der Waals surface area contributed by atoms with Gasteiger partial charge in [0.2, 0.25) is 0 Å². The molecule has 0 amide bonds. The summed E-state index contributed by atoms with van der Waals surface area (Å²) in [6.45, 7) is 21.9. The van der Waals surface area contributed by atoms with E-state index in [0.717, 1.165) is 40.6 Å². The van der Waals surface area contributed by atoms with Crippen molar-refractivity contribution in [3.05, 3.63) is 96.6 Å². The summed E-state index contributed by atoms with van der Waals surface area (Å²) in [7, 11) is 0. The van der Waals surface area contributed by atoms with Crippen molar-refractivity contribution in [1.82, 2.24) is 0 Å². The lowest BCUT2D eigenvalue weighted by molar-refractivity contribution is 0.425. The zero-order valence-corrected chi connectivity index (χ0v) is 18.8. The van der Waals surface area contributed by atoms with Gasteiger partial charge in [-0.2, -0.15) is 0 Å². The number of ether oxygens (including phenoxy) is 1. The van der Waals surface area contributed by atoms with Crippen molar-refractivity contribution in [1.29, 1.82) is 0 Å². The standard InChI is InChI=1S/C22H25NO.2C2H6/c1-6-10-13-19-21(9-4)24-22-16-17(5)14-15-20(22)23(19)18(11-7-2)12-8-3;2*1-2/h6-12,14-16H,2,4,13H2,1,3,5H3;2*1-2H3/b10-6+,12-8-,18-11+;;. The summed E-state index contributed by atoms with van der Waals surface area (Å²) in [4.78, 5) is 2.22. The molecule has 28 heavy (non-hydrogen) atoms. The van der Waals surface area contributed by atoms with Gasteiger partial charge < -0.3 is 9.64 Å². The van der Waals surface area contributed by atoms with Crippen LogP contribution in [0.4, 0.5) is 5.69 Å². The van der Waals surface area contributed by atoms with Crippen LogP contribution in [0.2, 0.25) is 0 Å². The van der Waals surface area contributed by atoms with E-state index in [1.165, 1.54) is 0 Å². The molecule has 0 aliphatic carbocycles. The summed E-state index contributed by atoms with van der Waals surface area (Å²) < 4.78 is 6.12. The minimum Gasteiger partial charge on any atom is -0.453 e. The molecule has 0 saturated heterocycles. The smallest absolute Gasteiger partial charge is 0.151 e. The fraction of sp³-hybridized carbons (Fsp3) is 0.308. The summed E-state index contributed by atoms with van der Waals surface area (Å²) in [6, 6.07) is 6.25. The molecule has 152 valence electrons. The van der Waals surface area contributed by atoms with Crippen molar-refractivity contribution in [3.8, 4) is 5.75 Å². The predicted octanol–water partition coefficient (Wildman–Crippen LogP) is 8.26. The number of hydrogen-bond donors (Lipinski definition) is 0. The molecule has 2 heteroatoms. The quantitative estimate of drug-likeness (QED) is 0.364. The molecule has 1 aliphatic heterocycles. The fourth-order valence-corrected chi connectivity index (χ4v) is 2.69. The van der Waals surface area contributed by atoms with E-state index in [4.69, 9.17) is 4.74 Å². The molecule has 0 saturated carbocycles. The molecule has 0 bridgehead atoms. The number of aryl methyl sites for hydroxylation is 1. The molecule has 2 rings (SSSR count). The van der Waals surface area contributed by atoms with E-state index in [9.17, 15) is 0 Å². The predicted molar refractivity (Wildman–Crippen MR) is 127 cm³/mol. The van der Waals surface area contributed by atoms with Crippen LogP contribution in [0.15, 0.2) is 91.0 Å². The Morgan fingerprint density at radius 2 is 1.75 bits per heavy atom. The van der Waals surface area contributed by atoms with Crippen LogP contribution in [0.25, 0.3) is 0 Å². The maximum absolute atomic E-state index is 6.12. The highest BCUT2D eigenvalue weighted by Crippen LogP contribution is 2.42. The Kier molecular flexibility index (Phi) is 12.9. The Morgan fingerprint density at radius 3 is 2.29 bits per heavy atom. The van der Waals surface area contributed by atoms with Crippen molar-refractivity contribution >= 4 is 5.69 Å². The zero-order chi connectivity index (χ0) is 21.5. The Bertz CT molecular complexity index is 748. The molecule has 2 nitrogen and oxygen atoms in total. The van der Waals surface area contributed by atoms with E-state index < -0.39 is 0 Å². The molecule has 1 aromatic carbocycles. The second-order valence-corrected chi connectivity index (χ2v) is 5.52. The molecular weight excluding hydrogens is 342 g/mol. The van der Waals surface area contributed by atoms with Crippen molar-refractivity contribution in [3.63, 3.8) is 0 Å². The Morgan fingerprint density at radius 1 is 1.07 bits per heavy atom. The van der Waals surface area contributed by atoms with Gasteiger partial charge in [0.05, 0.1) is 11.4 Å². The van der Waals surface area contributed by atoms with Crippen LogP contribution >= 0.6 is 0 Å². The van der Waals surface area contributed by atoms with E-state index in [1.807, 2.05) is 59.8 Å². The molecule has 0 radical (unpaired) electrons. The number of nitrogens with zero attached hydrogens (tertiary/aromatic N) is 1. The molecule has 0 spiro atoms. The Labute approximate surface area is 172 Å². The molecule has 0 N–H and O–H groups in total. The van der Waals surface area contributed by atoms with Gasteiger partial charge in [0, 0.05) is 12.1 Å². The first-order chi connectivity index (χ1) is 13.7. The first-order valence-electron chi connectivity index (χ1n) is 10.2. The molecule has 0 fully saturated rings. The summed E-state index contributed by atoms with van der Waals surface area (Å²) >= 11 is 0. The average Bonchev–Trinajstić information content (AvgIpc) is 2.74. The third kappa shape index (κ3) is 6.45. The van der Waals surface area contributed by atoms with Gasteiger partial charge in [0.15, 0.2) is 5.75 Å². The first-order valence-corrected chi connectivity index (χ1v) is 10.2. The van der Waals surface area contributed by atoms with Crippen LogP contribution in [-0.2, 0) is 0 Å². The van der Waals surface area contributed by atoms with Gasteiger partial charge in [0.1, 0.15) is 5.76 Å². The normalized spacial score (nSPS) is 13.2. The minimum atomic E-state index is 0.761. The van der Waals surface area contributed by atoms with Gasteiger partial charge in [-0.25, -0.2) is 0 Å². The van der Waals surface area contributed by atoms with Crippen molar-refractivity contribution in [2.45, 2.75) is 54.9 Å². The molecule has 1 heterocycles. The minimum absolute atomic E-state index is 0.761. The number of allylic oxidation sites excluding steroid dienone is 7. The summed E-state index contributed by atoms with van der Waals surface area (Å²) in [5.41, 5.74) is 4.29. The van der Waals surface area contributed by atoms with Crippen LogP contribution in [0.3, 0.4) is 0 Å². The van der Waals surface area contributed by atoms with Gasteiger partial charge in [0.25, 0.3) is 0 Å². The lowest BCUT2D eigenvalue weighted by Crippen LogP contribution is -2.27. The average molecular weight is 380 g/mol. The topological polar surface area (TPSA) is 12.5 Å². The molecule has 0 aromatic heterocycles. The van der Waals surface area contributed by atoms with Gasteiger partial charge in [-0.15, -0.1) is 0 Å². The largest absolute Gasteiger partial charge is 0.453 e. The SMILES string of the molecule is C=C/C=C(\C=C/C)N1C(C/C=C/C)=C(C=C)Oc2cc(C)ccc21.CC.CC. The van der Waals surface area contributed by atoms with Crippen LogP contribution in [0.1, 0.15) is 53.5 Å². The van der Waals surface area contributed by atoms with Crippen molar-refractivity contribution < 1.29 is 4.74 Å². The second-order valence-electron chi connectivity index (χ2n) is 5.52. The first kappa shape index (κ1) is 25.3. The summed E-state index contributed by atoms with van der Waals surface area (Å²) in [5.74, 6) is 1.62. The Balaban J connectivity index is 0.00000171. The fourth-order valence-electron chi connectivity index (χ4n) is 2.69. The van der Waals surface area contributed by atoms with Gasteiger partial charge in [-0.3, -0.25) is 0 Å². The van der Waals surface area contributed by atoms with E-state index in [0.29, 0.717) is 0 Å².